The molecule has 0 spiro atoms. The van der Waals surface area contributed by atoms with Crippen LogP contribution in [0.5, 0.6) is 0 Å². The Hall–Kier alpha value is -1.92. The van der Waals surface area contributed by atoms with Crippen LogP contribution in [0.1, 0.15) is 26.2 Å². The molecular formula is C31H36O3Sn. The molecule has 2 aliphatic rings. The first-order valence-electron chi connectivity index (χ1n) is 12.9. The average Bonchev–Trinajstić information content (AvgIpc) is 3.31. The molecule has 0 radical (unpaired) electrons. The number of fused-ring (bicyclic) bond motifs is 1. The molecule has 0 N–H and O–H groups in total. The van der Waals surface area contributed by atoms with Crippen molar-refractivity contribution < 1.29 is 14.2 Å². The van der Waals surface area contributed by atoms with Gasteiger partial charge in [0.15, 0.2) is 0 Å². The summed E-state index contributed by atoms with van der Waals surface area (Å²) in [6, 6.07) is 33.7. The maximum atomic E-state index is 6.61. The van der Waals surface area contributed by atoms with Gasteiger partial charge in [-0.2, -0.15) is 0 Å². The Kier molecular flexibility index (Phi) is 7.78. The van der Waals surface area contributed by atoms with Gasteiger partial charge < -0.3 is 0 Å². The van der Waals surface area contributed by atoms with Crippen LogP contribution in [-0.4, -0.2) is 57.0 Å². The van der Waals surface area contributed by atoms with Crippen molar-refractivity contribution in [3.05, 3.63) is 101 Å². The van der Waals surface area contributed by atoms with Crippen molar-refractivity contribution in [1.82, 2.24) is 0 Å². The van der Waals surface area contributed by atoms with Crippen molar-refractivity contribution in [2.24, 2.45) is 5.92 Å². The second kappa shape index (κ2) is 11.0. The molecule has 5 rings (SSSR count). The summed E-state index contributed by atoms with van der Waals surface area (Å²) in [5.41, 5.74) is 1.27. The summed E-state index contributed by atoms with van der Waals surface area (Å²) >= 11 is -3.52. The standard InChI is InChI=1S/C13H21O3.3C6H5.Sn/c1-4-13-11(10(2)5-8-16-13)9-15-12(13)6-7-14-3;3*1-2-4-6-5-3-1;/h2,11-12H,4-9H2,1,3H3;3*1-5H;/t11-,12-,13+;;;;/m1..../s1. The van der Waals surface area contributed by atoms with Crippen LogP contribution in [0.3, 0.4) is 0 Å². The van der Waals surface area contributed by atoms with Gasteiger partial charge in [0.05, 0.1) is 0 Å². The third kappa shape index (κ3) is 4.53. The van der Waals surface area contributed by atoms with Crippen molar-refractivity contribution in [2.75, 3.05) is 26.9 Å². The predicted molar refractivity (Wildman–Crippen MR) is 145 cm³/mol. The summed E-state index contributed by atoms with van der Waals surface area (Å²) in [7, 11) is 1.76. The molecule has 2 aliphatic heterocycles. The number of hydrogen-bond acceptors (Lipinski definition) is 3. The second-order valence-corrected chi connectivity index (χ2v) is 20.1. The van der Waals surface area contributed by atoms with Crippen molar-refractivity contribution in [3.8, 4) is 0 Å². The zero-order valence-electron chi connectivity index (χ0n) is 20.9. The Balaban J connectivity index is 1.70. The molecule has 0 bridgehead atoms. The predicted octanol–water partition coefficient (Wildman–Crippen LogP) is 4.24. The van der Waals surface area contributed by atoms with Crippen LogP contribution in [0.2, 0.25) is 0 Å². The average molecular weight is 575 g/mol. The van der Waals surface area contributed by atoms with Crippen LogP contribution in [0.15, 0.2) is 101 Å². The van der Waals surface area contributed by atoms with Gasteiger partial charge in [0.2, 0.25) is 0 Å². The van der Waals surface area contributed by atoms with E-state index < -0.39 is 18.4 Å². The van der Waals surface area contributed by atoms with E-state index >= 15 is 0 Å². The fraction of sp³-hybridized carbons (Fsp3) is 0.355. The number of methoxy groups -OCH3 is 1. The van der Waals surface area contributed by atoms with Crippen LogP contribution < -0.4 is 10.7 Å². The van der Waals surface area contributed by atoms with Gasteiger partial charge in [-0.25, -0.2) is 0 Å². The molecule has 3 aromatic carbocycles. The third-order valence-electron chi connectivity index (χ3n) is 8.03. The van der Waals surface area contributed by atoms with Crippen molar-refractivity contribution >= 4 is 29.1 Å². The van der Waals surface area contributed by atoms with Gasteiger partial charge in [-0.05, 0) is 0 Å². The second-order valence-electron chi connectivity index (χ2n) is 9.69. The Morgan fingerprint density at radius 1 is 0.886 bits per heavy atom. The molecule has 0 aliphatic carbocycles. The molecular weight excluding hydrogens is 539 g/mol. The van der Waals surface area contributed by atoms with Crippen LogP contribution in [0.4, 0.5) is 0 Å². The molecule has 182 valence electrons. The van der Waals surface area contributed by atoms with E-state index in [2.05, 4.69) is 102 Å². The molecule has 0 unspecified atom stereocenters. The van der Waals surface area contributed by atoms with Gasteiger partial charge in [-0.3, -0.25) is 0 Å². The molecule has 35 heavy (non-hydrogen) atoms. The van der Waals surface area contributed by atoms with E-state index in [9.17, 15) is 0 Å². The van der Waals surface area contributed by atoms with Crippen LogP contribution >= 0.6 is 0 Å². The van der Waals surface area contributed by atoms with Gasteiger partial charge in [0.1, 0.15) is 0 Å². The Morgan fingerprint density at radius 3 is 1.91 bits per heavy atom. The first kappa shape index (κ1) is 24.8. The van der Waals surface area contributed by atoms with Crippen LogP contribution in [0.25, 0.3) is 0 Å². The molecule has 3 aromatic rings. The maximum absolute atomic E-state index is 6.61. The summed E-state index contributed by atoms with van der Waals surface area (Å²) in [4.78, 5) is 0. The molecule has 2 heterocycles. The Morgan fingerprint density at radius 2 is 1.43 bits per heavy atom. The van der Waals surface area contributed by atoms with Gasteiger partial charge >= 0.3 is 215 Å². The fourth-order valence-corrected chi connectivity index (χ4v) is 19.3. The minimum atomic E-state index is -3.52. The molecule has 0 amide bonds. The molecule has 0 aromatic heterocycles. The number of rotatable bonds is 8. The summed E-state index contributed by atoms with van der Waals surface area (Å²) in [6.07, 6.45) is 2.88. The molecule has 4 heteroatoms. The molecule has 3 nitrogen and oxygen atoms in total. The zero-order chi connectivity index (χ0) is 24.1. The first-order valence-corrected chi connectivity index (χ1v) is 18.8. The van der Waals surface area contributed by atoms with Crippen molar-refractivity contribution in [1.29, 1.82) is 0 Å². The fourth-order valence-electron chi connectivity index (χ4n) is 6.30. The SMILES string of the molecule is CC[C@]12OCC/C(=[CH]\[Sn]([c]3ccccc3)([c]3ccccc3)[c]3ccccc3)[C@H]1CO[C@@H]2CCOC. The summed E-state index contributed by atoms with van der Waals surface area (Å²) < 4.78 is 25.7. The topological polar surface area (TPSA) is 27.7 Å². The summed E-state index contributed by atoms with van der Waals surface area (Å²) in [5, 5.41) is 0. The van der Waals surface area contributed by atoms with E-state index in [1.807, 2.05) is 0 Å². The first-order chi connectivity index (χ1) is 17.2. The summed E-state index contributed by atoms with van der Waals surface area (Å²) in [5.74, 6) is 0.287. The number of hydrogen-bond donors (Lipinski definition) is 0. The minimum absolute atomic E-state index is 0.0796. The number of ether oxygens (including phenoxy) is 3. The molecule has 2 saturated heterocycles. The monoisotopic (exact) mass is 576 g/mol. The zero-order valence-corrected chi connectivity index (χ0v) is 23.7. The normalized spacial score (nSPS) is 25.5. The van der Waals surface area contributed by atoms with Gasteiger partial charge in [-0.1, -0.05) is 0 Å². The van der Waals surface area contributed by atoms with E-state index in [1.54, 1.807) is 7.11 Å². The van der Waals surface area contributed by atoms with Crippen molar-refractivity contribution in [2.45, 2.75) is 37.9 Å². The van der Waals surface area contributed by atoms with Crippen molar-refractivity contribution in [3.63, 3.8) is 0 Å². The third-order valence-corrected chi connectivity index (χ3v) is 21.0. The summed E-state index contributed by atoms with van der Waals surface area (Å²) in [6.45, 7) is 4.44. The van der Waals surface area contributed by atoms with E-state index in [0.29, 0.717) is 6.61 Å². The van der Waals surface area contributed by atoms with Gasteiger partial charge in [0.25, 0.3) is 0 Å². The van der Waals surface area contributed by atoms with E-state index in [0.717, 1.165) is 32.5 Å². The quantitative estimate of drug-likeness (QED) is 0.377. The molecule has 3 atom stereocenters. The molecule has 0 saturated carbocycles. The van der Waals surface area contributed by atoms with E-state index in [-0.39, 0.29) is 17.6 Å². The van der Waals surface area contributed by atoms with Gasteiger partial charge in [-0.15, -0.1) is 0 Å². The van der Waals surface area contributed by atoms with Crippen LogP contribution in [-0.2, 0) is 14.2 Å². The molecule has 2 fully saturated rings. The van der Waals surface area contributed by atoms with E-state index in [1.165, 1.54) is 16.3 Å². The number of benzene rings is 3. The Bertz CT molecular complexity index is 1020. The Labute approximate surface area is 214 Å². The van der Waals surface area contributed by atoms with Gasteiger partial charge in [0, 0.05) is 0 Å². The van der Waals surface area contributed by atoms with E-state index in [4.69, 9.17) is 14.2 Å². The van der Waals surface area contributed by atoms with Crippen LogP contribution in [0, 0.1) is 5.92 Å².